The summed E-state index contributed by atoms with van der Waals surface area (Å²) < 4.78 is 65.8. The van der Waals surface area contributed by atoms with Crippen LogP contribution in [-0.4, -0.2) is 87.2 Å². The number of aliphatic carboxylic acids is 1. The molecule has 0 aromatic heterocycles. The van der Waals surface area contributed by atoms with Crippen LogP contribution in [0.15, 0.2) is 53.4 Å². The second-order valence-corrected chi connectivity index (χ2v) is 11.0. The molecule has 2 aromatic rings. The number of piperazine rings is 1. The number of carbonyl (C=O) groups excluding carboxylic acids is 1. The topological polar surface area (TPSA) is 116 Å². The largest absolute Gasteiger partial charge is 0.495 e. The quantitative estimate of drug-likeness (QED) is 0.456. The number of hydrogen-bond acceptors (Lipinski definition) is 6. The molecular formula is C25H31ClF3N3O6S. The number of halogens is 4. The number of sulfonamides is 1. The van der Waals surface area contributed by atoms with E-state index in [4.69, 9.17) is 26.2 Å². The highest BCUT2D eigenvalue weighted by Gasteiger charge is 2.38. The van der Waals surface area contributed by atoms with Crippen LogP contribution in [0.3, 0.4) is 0 Å². The van der Waals surface area contributed by atoms with Gasteiger partial charge in [-0.3, -0.25) is 4.79 Å². The van der Waals surface area contributed by atoms with E-state index in [1.54, 1.807) is 17.0 Å². The van der Waals surface area contributed by atoms with Crippen molar-refractivity contribution in [2.45, 2.75) is 30.3 Å². The van der Waals surface area contributed by atoms with Crippen molar-refractivity contribution in [1.29, 1.82) is 0 Å². The van der Waals surface area contributed by atoms with Crippen molar-refractivity contribution in [1.82, 2.24) is 14.5 Å². The summed E-state index contributed by atoms with van der Waals surface area (Å²) in [5.41, 5.74) is 1.03. The molecule has 14 heteroatoms. The summed E-state index contributed by atoms with van der Waals surface area (Å²) in [7, 11) is -2.53. The first-order valence-corrected chi connectivity index (χ1v) is 13.8. The van der Waals surface area contributed by atoms with E-state index in [9.17, 15) is 26.4 Å². The molecule has 1 amide bonds. The number of carbonyl (C=O) groups is 2. The van der Waals surface area contributed by atoms with Crippen molar-refractivity contribution >= 4 is 33.5 Å². The van der Waals surface area contributed by atoms with Crippen molar-refractivity contribution in [3.63, 3.8) is 0 Å². The Kier molecular flexibility index (Phi) is 12.0. The van der Waals surface area contributed by atoms with Crippen LogP contribution >= 0.6 is 11.6 Å². The lowest BCUT2D eigenvalue weighted by Crippen LogP contribution is -2.47. The number of ether oxygens (including phenoxy) is 1. The molecule has 0 saturated carbocycles. The van der Waals surface area contributed by atoms with Crippen molar-refractivity contribution in [2.24, 2.45) is 0 Å². The number of rotatable bonds is 9. The molecule has 0 spiro atoms. The minimum Gasteiger partial charge on any atom is -0.495 e. The van der Waals surface area contributed by atoms with Crippen LogP contribution in [-0.2, 0) is 19.6 Å². The molecule has 0 bridgehead atoms. The molecule has 1 aliphatic heterocycles. The number of methoxy groups -OCH3 is 1. The summed E-state index contributed by atoms with van der Waals surface area (Å²) in [6.07, 6.45) is -4.97. The number of nitrogens with one attached hydrogen (secondary N) is 1. The van der Waals surface area contributed by atoms with Crippen LogP contribution in [0.1, 0.15) is 24.8 Å². The predicted octanol–water partition coefficient (Wildman–Crippen LogP) is 3.60. The molecule has 1 fully saturated rings. The molecule has 2 aromatic carbocycles. The maximum absolute atomic E-state index is 13.7. The highest BCUT2D eigenvalue weighted by atomic mass is 35.5. The number of carboxylic acids is 1. The molecule has 1 heterocycles. The van der Waals surface area contributed by atoms with E-state index >= 15 is 0 Å². The molecule has 1 atom stereocenters. The fourth-order valence-electron chi connectivity index (χ4n) is 3.79. The van der Waals surface area contributed by atoms with E-state index < -0.39 is 22.2 Å². The smallest absolute Gasteiger partial charge is 0.490 e. The monoisotopic (exact) mass is 593 g/mol. The molecule has 1 unspecified atom stereocenters. The SMILES string of the molecule is COc1ccc(Cl)cc1S(=O)(=O)N(CCC(=O)N1CCNCC1)CC(C)c1ccccc1.O=C(O)C(F)(F)F. The van der Waals surface area contributed by atoms with Crippen LogP contribution in [0.5, 0.6) is 5.75 Å². The first-order valence-electron chi connectivity index (χ1n) is 11.9. The second kappa shape index (κ2) is 14.5. The molecule has 9 nitrogen and oxygen atoms in total. The minimum absolute atomic E-state index is 0.00221. The molecular weight excluding hydrogens is 563 g/mol. The van der Waals surface area contributed by atoms with Crippen LogP contribution in [0.2, 0.25) is 5.02 Å². The fourth-order valence-corrected chi connectivity index (χ4v) is 5.73. The van der Waals surface area contributed by atoms with E-state index in [-0.39, 0.29) is 42.0 Å². The maximum Gasteiger partial charge on any atom is 0.490 e. The Hall–Kier alpha value is -2.87. The Labute approximate surface area is 230 Å². The lowest BCUT2D eigenvalue weighted by atomic mass is 10.0. The van der Waals surface area contributed by atoms with E-state index in [1.807, 2.05) is 37.3 Å². The Morgan fingerprint density at radius 3 is 2.28 bits per heavy atom. The van der Waals surface area contributed by atoms with Crippen LogP contribution in [0, 0.1) is 0 Å². The molecule has 2 N–H and O–H groups in total. The van der Waals surface area contributed by atoms with Crippen molar-refractivity contribution in [2.75, 3.05) is 46.4 Å². The lowest BCUT2D eigenvalue weighted by molar-refractivity contribution is -0.192. The predicted molar refractivity (Wildman–Crippen MR) is 139 cm³/mol. The van der Waals surface area contributed by atoms with E-state index in [1.165, 1.54) is 17.5 Å². The number of benzene rings is 2. The van der Waals surface area contributed by atoms with Gasteiger partial charge in [-0.2, -0.15) is 17.5 Å². The summed E-state index contributed by atoms with van der Waals surface area (Å²) in [4.78, 5) is 23.4. The van der Waals surface area contributed by atoms with Gasteiger partial charge < -0.3 is 20.1 Å². The van der Waals surface area contributed by atoms with Crippen molar-refractivity contribution in [3.8, 4) is 5.75 Å². The molecule has 1 saturated heterocycles. The van der Waals surface area contributed by atoms with Gasteiger partial charge in [-0.15, -0.1) is 0 Å². The third-order valence-electron chi connectivity index (χ3n) is 5.88. The summed E-state index contributed by atoms with van der Waals surface area (Å²) in [6, 6.07) is 14.3. The summed E-state index contributed by atoms with van der Waals surface area (Å²) >= 11 is 6.11. The minimum atomic E-state index is -5.08. The second-order valence-electron chi connectivity index (χ2n) is 8.65. The highest BCUT2D eigenvalue weighted by Crippen LogP contribution is 2.31. The first kappa shape index (κ1) is 32.3. The van der Waals surface area contributed by atoms with Crippen LogP contribution in [0.4, 0.5) is 13.2 Å². The summed E-state index contributed by atoms with van der Waals surface area (Å²) in [5, 5.41) is 10.6. The van der Waals surface area contributed by atoms with Crippen molar-refractivity contribution in [3.05, 3.63) is 59.1 Å². The first-order chi connectivity index (χ1) is 18.3. The molecule has 0 radical (unpaired) electrons. The Morgan fingerprint density at radius 1 is 1.15 bits per heavy atom. The van der Waals surface area contributed by atoms with Gasteiger partial charge in [-0.25, -0.2) is 13.2 Å². The van der Waals surface area contributed by atoms with Gasteiger partial charge in [0.05, 0.1) is 7.11 Å². The summed E-state index contributed by atoms with van der Waals surface area (Å²) in [6.45, 7) is 5.05. The fraction of sp³-hybridized carbons (Fsp3) is 0.440. The molecule has 39 heavy (non-hydrogen) atoms. The van der Waals surface area contributed by atoms with Gasteiger partial charge in [0.15, 0.2) is 0 Å². The number of carboxylic acid groups (broad SMARTS) is 1. The zero-order chi connectivity index (χ0) is 29.2. The Balaban J connectivity index is 0.000000673. The van der Waals surface area contributed by atoms with Gasteiger partial charge in [0.25, 0.3) is 0 Å². The molecule has 216 valence electrons. The van der Waals surface area contributed by atoms with Gasteiger partial charge in [0, 0.05) is 50.7 Å². The van der Waals surface area contributed by atoms with E-state index in [0.29, 0.717) is 18.1 Å². The van der Waals surface area contributed by atoms with E-state index in [0.717, 1.165) is 18.7 Å². The van der Waals surface area contributed by atoms with E-state index in [2.05, 4.69) is 5.32 Å². The average Bonchev–Trinajstić information content (AvgIpc) is 2.91. The Morgan fingerprint density at radius 2 is 1.74 bits per heavy atom. The number of amides is 1. The van der Waals surface area contributed by atoms with Gasteiger partial charge in [0.1, 0.15) is 10.6 Å². The number of nitrogens with zero attached hydrogens (tertiary/aromatic N) is 2. The van der Waals surface area contributed by atoms with Crippen LogP contribution < -0.4 is 10.1 Å². The Bertz CT molecular complexity index is 1210. The maximum atomic E-state index is 13.7. The standard InChI is InChI=1S/C23H30ClN3O4S.C2HF3O2/c1-18(19-6-4-3-5-7-19)17-27(13-10-23(28)26-14-11-25-12-15-26)32(29,30)22-16-20(24)8-9-21(22)31-2;3-2(4,5)1(6)7/h3-9,16,18,25H,10-15,17H2,1-2H3;(H,6,7). The number of alkyl halides is 3. The van der Waals surface area contributed by atoms with Gasteiger partial charge in [-0.05, 0) is 29.7 Å². The summed E-state index contributed by atoms with van der Waals surface area (Å²) in [5.74, 6) is -2.64. The normalized spacial score (nSPS) is 14.8. The third kappa shape index (κ3) is 9.67. The van der Waals surface area contributed by atoms with Crippen molar-refractivity contribution < 1.29 is 41.0 Å². The van der Waals surface area contributed by atoms with Crippen LogP contribution in [0.25, 0.3) is 0 Å². The number of hydrogen-bond donors (Lipinski definition) is 2. The zero-order valence-electron chi connectivity index (χ0n) is 21.4. The molecule has 0 aliphatic carbocycles. The zero-order valence-corrected chi connectivity index (χ0v) is 23.0. The van der Waals surface area contributed by atoms with Gasteiger partial charge in [-0.1, -0.05) is 48.9 Å². The van der Waals surface area contributed by atoms with Gasteiger partial charge >= 0.3 is 12.1 Å². The highest BCUT2D eigenvalue weighted by molar-refractivity contribution is 7.89. The lowest BCUT2D eigenvalue weighted by Gasteiger charge is -2.30. The third-order valence-corrected chi connectivity index (χ3v) is 8.00. The average molecular weight is 594 g/mol. The van der Waals surface area contributed by atoms with Gasteiger partial charge in [0.2, 0.25) is 15.9 Å². The molecule has 1 aliphatic rings. The molecule has 3 rings (SSSR count).